The number of hydrogen-bond donors (Lipinski definition) is 1. The molecular weight excluding hydrogens is 374 g/mol. The van der Waals surface area contributed by atoms with Crippen LogP contribution >= 0.6 is 11.3 Å². The Labute approximate surface area is 169 Å². The predicted octanol–water partition coefficient (Wildman–Crippen LogP) is 2.64. The number of methoxy groups -OCH3 is 1. The number of carbonyl (C=O) groups excluding carboxylic acids is 2. The van der Waals surface area contributed by atoms with E-state index in [-0.39, 0.29) is 17.1 Å². The standard InChI is InChI=1S/C21H27N3O3S/c1-16(25)21(17-6-4-3-5-7-17)8-11-24(12-9-21)14-19-23-18(15-28-19)20(26)22-10-13-27-2/h3-7,15H,8-14H2,1-2H3,(H,22,26). The van der Waals surface area contributed by atoms with Crippen molar-refractivity contribution < 1.29 is 14.3 Å². The minimum atomic E-state index is -0.382. The Morgan fingerprint density at radius 3 is 2.61 bits per heavy atom. The second-order valence-electron chi connectivity index (χ2n) is 7.16. The number of aromatic nitrogens is 1. The van der Waals surface area contributed by atoms with Gasteiger partial charge in [0, 0.05) is 19.0 Å². The Morgan fingerprint density at radius 2 is 1.96 bits per heavy atom. The highest BCUT2D eigenvalue weighted by molar-refractivity contribution is 7.09. The van der Waals surface area contributed by atoms with Gasteiger partial charge in [0.25, 0.3) is 5.91 Å². The number of piperidine rings is 1. The molecular formula is C21H27N3O3S. The van der Waals surface area contributed by atoms with E-state index in [0.717, 1.165) is 36.5 Å². The molecule has 0 spiro atoms. The molecule has 1 aliphatic heterocycles. The maximum Gasteiger partial charge on any atom is 0.270 e. The first-order chi connectivity index (χ1) is 13.5. The minimum Gasteiger partial charge on any atom is -0.383 e. The van der Waals surface area contributed by atoms with Crippen molar-refractivity contribution in [1.82, 2.24) is 15.2 Å². The molecule has 1 N–H and O–H groups in total. The van der Waals surface area contributed by atoms with Crippen LogP contribution in [0.25, 0.3) is 0 Å². The van der Waals surface area contributed by atoms with Crippen LogP contribution in [0.1, 0.15) is 40.8 Å². The summed E-state index contributed by atoms with van der Waals surface area (Å²) in [5.74, 6) is 0.0699. The number of Topliss-reactive ketones (excluding diaryl/α,β-unsaturated/α-hetero) is 1. The number of benzene rings is 1. The first-order valence-electron chi connectivity index (χ1n) is 9.55. The van der Waals surface area contributed by atoms with Crippen LogP contribution in [0.2, 0.25) is 0 Å². The molecule has 0 saturated carbocycles. The molecule has 0 aliphatic carbocycles. The van der Waals surface area contributed by atoms with E-state index in [2.05, 4.69) is 27.3 Å². The zero-order valence-corrected chi connectivity index (χ0v) is 17.3. The summed E-state index contributed by atoms with van der Waals surface area (Å²) in [4.78, 5) is 31.3. The zero-order valence-electron chi connectivity index (χ0n) is 16.4. The van der Waals surface area contributed by atoms with Crippen molar-refractivity contribution in [2.24, 2.45) is 0 Å². The molecule has 0 radical (unpaired) electrons. The SMILES string of the molecule is COCCNC(=O)c1csc(CN2CCC(C(C)=O)(c3ccccc3)CC2)n1. The van der Waals surface area contributed by atoms with Gasteiger partial charge in [0.2, 0.25) is 0 Å². The van der Waals surface area contributed by atoms with E-state index < -0.39 is 0 Å². The molecule has 150 valence electrons. The maximum atomic E-state index is 12.5. The summed E-state index contributed by atoms with van der Waals surface area (Å²) < 4.78 is 4.94. The molecule has 0 bridgehead atoms. The Morgan fingerprint density at radius 1 is 1.25 bits per heavy atom. The number of thiazole rings is 1. The molecule has 1 aromatic heterocycles. The smallest absolute Gasteiger partial charge is 0.270 e. The van der Waals surface area contributed by atoms with E-state index in [1.54, 1.807) is 19.4 Å². The van der Waals surface area contributed by atoms with Gasteiger partial charge in [-0.15, -0.1) is 11.3 Å². The second kappa shape index (κ2) is 9.41. The van der Waals surface area contributed by atoms with Gasteiger partial charge in [-0.3, -0.25) is 14.5 Å². The topological polar surface area (TPSA) is 71.5 Å². The quantitative estimate of drug-likeness (QED) is 0.689. The van der Waals surface area contributed by atoms with Crippen molar-refractivity contribution >= 4 is 23.0 Å². The normalized spacial score (nSPS) is 16.6. The molecule has 1 aliphatic rings. The highest BCUT2D eigenvalue weighted by atomic mass is 32.1. The van der Waals surface area contributed by atoms with Gasteiger partial charge in [0.05, 0.1) is 18.6 Å². The molecule has 2 heterocycles. The van der Waals surface area contributed by atoms with Crippen molar-refractivity contribution in [3.05, 3.63) is 52.0 Å². The van der Waals surface area contributed by atoms with E-state index >= 15 is 0 Å². The van der Waals surface area contributed by atoms with Gasteiger partial charge in [-0.25, -0.2) is 4.98 Å². The molecule has 28 heavy (non-hydrogen) atoms. The molecule has 0 unspecified atom stereocenters. The second-order valence-corrected chi connectivity index (χ2v) is 8.10. The van der Waals surface area contributed by atoms with Gasteiger partial charge < -0.3 is 10.1 Å². The molecule has 1 saturated heterocycles. The molecule has 2 aromatic rings. The van der Waals surface area contributed by atoms with Gasteiger partial charge >= 0.3 is 0 Å². The van der Waals surface area contributed by atoms with Gasteiger partial charge in [-0.05, 0) is 38.4 Å². The maximum absolute atomic E-state index is 12.5. The van der Waals surface area contributed by atoms with Crippen LogP contribution in [0.5, 0.6) is 0 Å². The van der Waals surface area contributed by atoms with Gasteiger partial charge in [-0.2, -0.15) is 0 Å². The van der Waals surface area contributed by atoms with Crippen molar-refractivity contribution in [2.45, 2.75) is 31.7 Å². The lowest BCUT2D eigenvalue weighted by Gasteiger charge is -2.40. The number of hydrogen-bond acceptors (Lipinski definition) is 6. The first-order valence-corrected chi connectivity index (χ1v) is 10.4. The van der Waals surface area contributed by atoms with Crippen molar-refractivity contribution in [3.63, 3.8) is 0 Å². The first kappa shape index (κ1) is 20.6. The van der Waals surface area contributed by atoms with Crippen LogP contribution in [-0.4, -0.2) is 54.9 Å². The lowest BCUT2D eigenvalue weighted by atomic mass is 9.70. The summed E-state index contributed by atoms with van der Waals surface area (Å²) in [6.07, 6.45) is 1.62. The van der Waals surface area contributed by atoms with Gasteiger partial charge in [0.15, 0.2) is 0 Å². The monoisotopic (exact) mass is 401 g/mol. The Kier molecular flexibility index (Phi) is 6.93. The van der Waals surface area contributed by atoms with E-state index in [1.807, 2.05) is 18.2 Å². The molecule has 0 atom stereocenters. The summed E-state index contributed by atoms with van der Waals surface area (Å²) >= 11 is 1.50. The molecule has 1 fully saturated rings. The Bertz CT molecular complexity index is 798. The third-order valence-corrected chi connectivity index (χ3v) is 6.28. The largest absolute Gasteiger partial charge is 0.383 e. The fraction of sp³-hybridized carbons (Fsp3) is 0.476. The Hall–Kier alpha value is -2.09. The van der Waals surface area contributed by atoms with Gasteiger partial charge in [0.1, 0.15) is 16.5 Å². The number of nitrogens with one attached hydrogen (secondary N) is 1. The third-order valence-electron chi connectivity index (χ3n) is 5.44. The van der Waals surface area contributed by atoms with Crippen LogP contribution in [0.3, 0.4) is 0 Å². The van der Waals surface area contributed by atoms with Crippen molar-refractivity contribution in [1.29, 1.82) is 0 Å². The zero-order chi connectivity index (χ0) is 20.0. The van der Waals surface area contributed by atoms with Crippen molar-refractivity contribution in [2.75, 3.05) is 33.4 Å². The summed E-state index contributed by atoms with van der Waals surface area (Å²) in [6.45, 7) is 5.04. The lowest BCUT2D eigenvalue weighted by Crippen LogP contribution is -2.46. The summed E-state index contributed by atoms with van der Waals surface area (Å²) in [5, 5.41) is 5.51. The molecule has 3 rings (SSSR count). The number of rotatable bonds is 8. The summed E-state index contributed by atoms with van der Waals surface area (Å²) in [7, 11) is 1.60. The Balaban J connectivity index is 1.58. The van der Waals surface area contributed by atoms with Crippen LogP contribution in [0, 0.1) is 0 Å². The number of ether oxygens (including phenoxy) is 1. The van der Waals surface area contributed by atoms with Crippen LogP contribution < -0.4 is 5.32 Å². The van der Waals surface area contributed by atoms with Crippen molar-refractivity contribution in [3.8, 4) is 0 Å². The van der Waals surface area contributed by atoms with E-state index in [0.29, 0.717) is 25.4 Å². The molecule has 6 nitrogen and oxygen atoms in total. The summed E-state index contributed by atoms with van der Waals surface area (Å²) in [5.41, 5.74) is 1.19. The van der Waals surface area contributed by atoms with Crippen LogP contribution in [-0.2, 0) is 21.5 Å². The molecule has 7 heteroatoms. The minimum absolute atomic E-state index is 0.169. The number of carbonyl (C=O) groups is 2. The van der Waals surface area contributed by atoms with Crippen LogP contribution in [0.4, 0.5) is 0 Å². The van der Waals surface area contributed by atoms with E-state index in [1.165, 1.54) is 11.3 Å². The van der Waals surface area contributed by atoms with Gasteiger partial charge in [-0.1, -0.05) is 30.3 Å². The highest BCUT2D eigenvalue weighted by Gasteiger charge is 2.40. The third kappa shape index (κ3) is 4.66. The van der Waals surface area contributed by atoms with E-state index in [4.69, 9.17) is 4.74 Å². The number of ketones is 1. The highest BCUT2D eigenvalue weighted by Crippen LogP contribution is 2.36. The average molecular weight is 402 g/mol. The molecule has 1 aromatic carbocycles. The predicted molar refractivity (Wildman–Crippen MR) is 110 cm³/mol. The fourth-order valence-electron chi connectivity index (χ4n) is 3.73. The lowest BCUT2D eigenvalue weighted by molar-refractivity contribution is -0.124. The average Bonchev–Trinajstić information content (AvgIpc) is 3.18. The van der Waals surface area contributed by atoms with Crippen LogP contribution in [0.15, 0.2) is 35.7 Å². The number of amides is 1. The number of nitrogens with zero attached hydrogens (tertiary/aromatic N) is 2. The number of likely N-dealkylation sites (tertiary alicyclic amines) is 1. The van der Waals surface area contributed by atoms with E-state index in [9.17, 15) is 9.59 Å². The summed E-state index contributed by atoms with van der Waals surface area (Å²) in [6, 6.07) is 10.1. The molecule has 1 amide bonds. The fourth-order valence-corrected chi connectivity index (χ4v) is 4.55.